The molecule has 1 saturated carbocycles. The fourth-order valence-corrected chi connectivity index (χ4v) is 3.57. The summed E-state index contributed by atoms with van der Waals surface area (Å²) >= 11 is 6.22. The van der Waals surface area contributed by atoms with Crippen LogP contribution in [0.5, 0.6) is 0 Å². The predicted octanol–water partition coefficient (Wildman–Crippen LogP) is 4.13. The Hall–Kier alpha value is -2.35. The zero-order valence-corrected chi connectivity index (χ0v) is 16.1. The van der Waals surface area contributed by atoms with E-state index in [9.17, 15) is 8.78 Å². The Labute approximate surface area is 167 Å². The van der Waals surface area contributed by atoms with Crippen LogP contribution in [0, 0.1) is 0 Å². The van der Waals surface area contributed by atoms with Gasteiger partial charge in [-0.25, -0.2) is 8.78 Å². The van der Waals surface area contributed by atoms with E-state index in [1.807, 2.05) is 24.3 Å². The van der Waals surface area contributed by atoms with Crippen LogP contribution in [-0.2, 0) is 6.54 Å². The van der Waals surface area contributed by atoms with E-state index in [0.717, 1.165) is 24.8 Å². The van der Waals surface area contributed by atoms with Gasteiger partial charge >= 0.3 is 0 Å². The van der Waals surface area contributed by atoms with E-state index in [2.05, 4.69) is 20.6 Å². The van der Waals surface area contributed by atoms with Gasteiger partial charge in [0.2, 0.25) is 5.95 Å². The van der Waals surface area contributed by atoms with E-state index in [4.69, 9.17) is 17.3 Å². The summed E-state index contributed by atoms with van der Waals surface area (Å²) in [6, 6.07) is 7.78. The van der Waals surface area contributed by atoms with Crippen molar-refractivity contribution in [2.45, 2.75) is 44.2 Å². The van der Waals surface area contributed by atoms with Gasteiger partial charge in [-0.15, -0.1) is 0 Å². The number of hydrogen-bond acceptors (Lipinski definition) is 6. The maximum Gasteiger partial charge on any atom is 0.266 e. The Kier molecular flexibility index (Phi) is 5.14. The van der Waals surface area contributed by atoms with E-state index >= 15 is 0 Å². The first-order chi connectivity index (χ1) is 13.4. The third-order valence-corrected chi connectivity index (χ3v) is 5.61. The lowest BCUT2D eigenvalue weighted by Gasteiger charge is -2.28. The quantitative estimate of drug-likeness (QED) is 0.666. The first-order valence-corrected chi connectivity index (χ1v) is 9.83. The number of nitrogens with one attached hydrogen (secondary N) is 2. The monoisotopic (exact) mass is 408 g/mol. The molecular formula is C19H23ClF2N6. The standard InChI is InChI=1S/C19H23ClF2N6/c20-14-7-2-1-4-12(14)10-24-16-15(23)17(28-9-8-19(21,22)11-28)27-18(26-16)25-13-5-3-6-13/h1-2,4,7,13H,3,5-6,8-11,23H2,(H2,24,25,26,27). The largest absolute Gasteiger partial charge is 0.393 e. The molecular weight excluding hydrogens is 386 g/mol. The molecule has 4 N–H and O–H groups in total. The van der Waals surface area contributed by atoms with Crippen LogP contribution in [0.25, 0.3) is 0 Å². The molecule has 150 valence electrons. The molecule has 2 heterocycles. The summed E-state index contributed by atoms with van der Waals surface area (Å²) in [4.78, 5) is 10.5. The molecule has 0 amide bonds. The summed E-state index contributed by atoms with van der Waals surface area (Å²) in [5.74, 6) is -1.56. The molecule has 9 heteroatoms. The first-order valence-electron chi connectivity index (χ1n) is 9.45. The normalized spacial score (nSPS) is 18.8. The van der Waals surface area contributed by atoms with Crippen LogP contribution in [0.2, 0.25) is 5.02 Å². The second kappa shape index (κ2) is 7.58. The molecule has 28 heavy (non-hydrogen) atoms. The highest BCUT2D eigenvalue weighted by Crippen LogP contribution is 2.36. The number of alkyl halides is 2. The van der Waals surface area contributed by atoms with Gasteiger partial charge in [0.25, 0.3) is 5.92 Å². The molecule has 2 aliphatic rings. The zero-order valence-electron chi connectivity index (χ0n) is 15.4. The van der Waals surface area contributed by atoms with Gasteiger partial charge in [-0.1, -0.05) is 29.8 Å². The lowest BCUT2D eigenvalue weighted by molar-refractivity contribution is 0.0257. The molecule has 1 aromatic carbocycles. The van der Waals surface area contributed by atoms with E-state index in [1.54, 1.807) is 0 Å². The number of halogens is 3. The average molecular weight is 409 g/mol. The minimum atomic E-state index is -2.73. The van der Waals surface area contributed by atoms with Crippen LogP contribution in [0.15, 0.2) is 24.3 Å². The maximum atomic E-state index is 13.7. The highest BCUT2D eigenvalue weighted by molar-refractivity contribution is 6.31. The summed E-state index contributed by atoms with van der Waals surface area (Å²) < 4.78 is 27.5. The van der Waals surface area contributed by atoms with Crippen molar-refractivity contribution in [2.24, 2.45) is 0 Å². The Morgan fingerprint density at radius 2 is 2.04 bits per heavy atom. The highest BCUT2D eigenvalue weighted by Gasteiger charge is 2.40. The molecule has 0 unspecified atom stereocenters. The average Bonchev–Trinajstić information content (AvgIpc) is 2.99. The van der Waals surface area contributed by atoms with Gasteiger partial charge in [0.1, 0.15) is 5.69 Å². The maximum absolute atomic E-state index is 13.7. The molecule has 1 saturated heterocycles. The number of benzene rings is 1. The van der Waals surface area contributed by atoms with E-state index in [0.29, 0.717) is 35.2 Å². The van der Waals surface area contributed by atoms with Gasteiger partial charge in [-0.2, -0.15) is 9.97 Å². The summed E-state index contributed by atoms with van der Waals surface area (Å²) in [5.41, 5.74) is 7.43. The molecule has 1 aliphatic carbocycles. The smallest absolute Gasteiger partial charge is 0.266 e. The zero-order chi connectivity index (χ0) is 19.7. The Morgan fingerprint density at radius 3 is 2.68 bits per heavy atom. The number of nitrogens with zero attached hydrogens (tertiary/aromatic N) is 3. The first kappa shape index (κ1) is 19.0. The second-order valence-corrected chi connectivity index (χ2v) is 7.78. The molecule has 0 radical (unpaired) electrons. The SMILES string of the molecule is Nc1c(NCc2ccccc2Cl)nc(NC2CCC2)nc1N1CCC(F)(F)C1. The number of anilines is 4. The van der Waals surface area contributed by atoms with Crippen LogP contribution in [0.3, 0.4) is 0 Å². The Morgan fingerprint density at radius 1 is 1.25 bits per heavy atom. The van der Waals surface area contributed by atoms with Crippen molar-refractivity contribution in [3.63, 3.8) is 0 Å². The minimum absolute atomic E-state index is 0.204. The second-order valence-electron chi connectivity index (χ2n) is 7.38. The van der Waals surface area contributed by atoms with E-state index in [1.165, 1.54) is 4.90 Å². The van der Waals surface area contributed by atoms with Gasteiger partial charge in [-0.05, 0) is 30.9 Å². The van der Waals surface area contributed by atoms with Crippen molar-refractivity contribution in [3.8, 4) is 0 Å². The Balaban J connectivity index is 1.61. The molecule has 0 bridgehead atoms. The topological polar surface area (TPSA) is 79.1 Å². The van der Waals surface area contributed by atoms with Crippen molar-refractivity contribution < 1.29 is 8.78 Å². The molecule has 1 aromatic heterocycles. The van der Waals surface area contributed by atoms with Gasteiger partial charge in [0, 0.05) is 30.6 Å². The number of hydrogen-bond donors (Lipinski definition) is 3. The van der Waals surface area contributed by atoms with E-state index < -0.39 is 5.92 Å². The summed E-state index contributed by atoms with van der Waals surface area (Å²) in [7, 11) is 0. The van der Waals surface area contributed by atoms with Crippen molar-refractivity contribution >= 4 is 34.9 Å². The van der Waals surface area contributed by atoms with Crippen LogP contribution < -0.4 is 21.3 Å². The van der Waals surface area contributed by atoms with Gasteiger partial charge in [0.15, 0.2) is 11.6 Å². The van der Waals surface area contributed by atoms with Crippen LogP contribution in [0.4, 0.5) is 32.1 Å². The van der Waals surface area contributed by atoms with Gasteiger partial charge in [-0.3, -0.25) is 0 Å². The van der Waals surface area contributed by atoms with Gasteiger partial charge in [0.05, 0.1) is 6.54 Å². The highest BCUT2D eigenvalue weighted by atomic mass is 35.5. The van der Waals surface area contributed by atoms with Crippen molar-refractivity contribution in [1.82, 2.24) is 9.97 Å². The number of aromatic nitrogens is 2. The Bertz CT molecular complexity index is 858. The molecule has 4 rings (SSSR count). The van der Waals surface area contributed by atoms with Crippen molar-refractivity contribution in [2.75, 3.05) is 34.4 Å². The third kappa shape index (κ3) is 4.06. The summed E-state index contributed by atoms with van der Waals surface area (Å²) in [6.07, 6.45) is 3.06. The molecule has 1 aliphatic heterocycles. The van der Waals surface area contributed by atoms with Crippen LogP contribution in [-0.4, -0.2) is 35.0 Å². The fourth-order valence-electron chi connectivity index (χ4n) is 3.37. The number of nitrogen functional groups attached to an aromatic ring is 1. The van der Waals surface area contributed by atoms with Crippen molar-refractivity contribution in [3.05, 3.63) is 34.9 Å². The van der Waals surface area contributed by atoms with Crippen LogP contribution >= 0.6 is 11.6 Å². The molecule has 0 spiro atoms. The summed E-state index contributed by atoms with van der Waals surface area (Å²) in [5, 5.41) is 7.11. The molecule has 6 nitrogen and oxygen atoms in total. The molecule has 2 aromatic rings. The molecule has 2 fully saturated rings. The molecule has 0 atom stereocenters. The fraction of sp³-hybridized carbons (Fsp3) is 0.474. The third-order valence-electron chi connectivity index (χ3n) is 5.24. The number of rotatable bonds is 6. The lowest BCUT2D eigenvalue weighted by Crippen LogP contribution is -2.30. The number of nitrogens with two attached hydrogens (primary N) is 1. The minimum Gasteiger partial charge on any atom is -0.393 e. The predicted molar refractivity (Wildman–Crippen MR) is 108 cm³/mol. The van der Waals surface area contributed by atoms with E-state index in [-0.39, 0.29) is 25.2 Å². The van der Waals surface area contributed by atoms with Crippen LogP contribution in [0.1, 0.15) is 31.2 Å². The van der Waals surface area contributed by atoms with Gasteiger partial charge < -0.3 is 21.3 Å². The van der Waals surface area contributed by atoms with Crippen molar-refractivity contribution in [1.29, 1.82) is 0 Å². The lowest BCUT2D eigenvalue weighted by atomic mass is 9.93. The summed E-state index contributed by atoms with van der Waals surface area (Å²) in [6.45, 7) is 0.238.